The van der Waals surface area contributed by atoms with Crippen LogP contribution >= 0.6 is 0 Å². The monoisotopic (exact) mass is 208 g/mol. The van der Waals surface area contributed by atoms with Crippen LogP contribution in [0.15, 0.2) is 0 Å². The predicted octanol–water partition coefficient (Wildman–Crippen LogP) is 2.30. The van der Waals surface area contributed by atoms with Crippen LogP contribution in [0.3, 0.4) is 0 Å². The van der Waals surface area contributed by atoms with Crippen LogP contribution in [0, 0.1) is 28.6 Å². The lowest BCUT2D eigenvalue weighted by Gasteiger charge is -2.16. The van der Waals surface area contributed by atoms with Gasteiger partial charge in [0.15, 0.2) is 0 Å². The fourth-order valence-corrected chi connectivity index (χ4v) is 2.95. The van der Waals surface area contributed by atoms with Crippen molar-refractivity contribution in [1.29, 1.82) is 0 Å². The summed E-state index contributed by atoms with van der Waals surface area (Å²) in [4.78, 5) is 0. The van der Waals surface area contributed by atoms with Gasteiger partial charge >= 0.3 is 0 Å². The third-order valence-corrected chi connectivity index (χ3v) is 4.51. The van der Waals surface area contributed by atoms with Crippen LogP contribution in [-0.4, -0.2) is 6.04 Å². The Labute approximate surface area is 94.0 Å². The second-order valence-electron chi connectivity index (χ2n) is 5.66. The Bertz CT molecular complexity index is 267. The van der Waals surface area contributed by atoms with Gasteiger partial charge in [0.2, 0.25) is 0 Å². The van der Waals surface area contributed by atoms with Gasteiger partial charge in [-0.25, -0.2) is 0 Å². The molecule has 2 nitrogen and oxygen atoms in total. The first-order chi connectivity index (χ1) is 6.89. The Kier molecular flexibility index (Phi) is 3.48. The summed E-state index contributed by atoms with van der Waals surface area (Å²) in [5, 5.41) is 0. The summed E-state index contributed by atoms with van der Waals surface area (Å²) >= 11 is 0. The van der Waals surface area contributed by atoms with Crippen molar-refractivity contribution in [2.75, 3.05) is 0 Å². The molecular weight excluding hydrogens is 184 g/mol. The fraction of sp³-hybridized carbons (Fsp3) is 0.846. The third-order valence-electron chi connectivity index (χ3n) is 4.51. The van der Waals surface area contributed by atoms with Crippen molar-refractivity contribution in [3.8, 4) is 11.8 Å². The fourth-order valence-electron chi connectivity index (χ4n) is 2.95. The van der Waals surface area contributed by atoms with Crippen LogP contribution in [0.1, 0.15) is 47.5 Å². The van der Waals surface area contributed by atoms with E-state index in [0.717, 1.165) is 12.8 Å². The van der Waals surface area contributed by atoms with E-state index in [9.17, 15) is 0 Å². The maximum atomic E-state index is 5.64. The van der Waals surface area contributed by atoms with Gasteiger partial charge in [0.05, 0.1) is 0 Å². The van der Waals surface area contributed by atoms with E-state index >= 15 is 0 Å². The number of nitrogens with one attached hydrogen (secondary N) is 1. The van der Waals surface area contributed by atoms with Gasteiger partial charge in [-0.05, 0) is 30.1 Å². The molecule has 2 heteroatoms. The molecule has 1 atom stereocenters. The van der Waals surface area contributed by atoms with Gasteiger partial charge in [-0.1, -0.05) is 27.7 Å². The Morgan fingerprint density at radius 2 is 1.80 bits per heavy atom. The normalized spacial score (nSPS) is 24.1. The van der Waals surface area contributed by atoms with E-state index in [1.807, 2.05) is 6.92 Å². The van der Waals surface area contributed by atoms with Gasteiger partial charge in [0.25, 0.3) is 0 Å². The van der Waals surface area contributed by atoms with Crippen molar-refractivity contribution in [3.05, 3.63) is 0 Å². The van der Waals surface area contributed by atoms with E-state index in [2.05, 4.69) is 45.0 Å². The molecule has 0 bridgehead atoms. The highest BCUT2D eigenvalue weighted by Crippen LogP contribution is 2.69. The summed E-state index contributed by atoms with van der Waals surface area (Å²) in [5.41, 5.74) is 3.75. The highest BCUT2D eigenvalue weighted by molar-refractivity contribution is 5.16. The summed E-state index contributed by atoms with van der Waals surface area (Å²) in [6.07, 6.45) is 1.99. The maximum Gasteiger partial charge on any atom is 0.0258 e. The zero-order chi connectivity index (χ0) is 11.7. The molecular formula is C13H24N2. The highest BCUT2D eigenvalue weighted by atomic mass is 15.2. The number of nitrogens with two attached hydrogens (primary N) is 1. The summed E-state index contributed by atoms with van der Waals surface area (Å²) < 4.78 is 0. The molecule has 0 aromatic heterocycles. The molecule has 1 saturated carbocycles. The summed E-state index contributed by atoms with van der Waals surface area (Å²) in [6, 6.07) is 0.399. The first-order valence-electron chi connectivity index (χ1n) is 5.75. The van der Waals surface area contributed by atoms with Crippen molar-refractivity contribution in [2.24, 2.45) is 22.6 Å². The maximum absolute atomic E-state index is 5.64. The van der Waals surface area contributed by atoms with E-state index in [-0.39, 0.29) is 0 Å². The molecule has 1 aliphatic rings. The zero-order valence-electron chi connectivity index (χ0n) is 10.6. The van der Waals surface area contributed by atoms with Gasteiger partial charge in [-0.2, -0.15) is 0 Å². The van der Waals surface area contributed by atoms with Gasteiger partial charge in [0.1, 0.15) is 0 Å². The van der Waals surface area contributed by atoms with Crippen molar-refractivity contribution >= 4 is 0 Å². The molecule has 86 valence electrons. The third kappa shape index (κ3) is 2.04. The Hall–Kier alpha value is -0.520. The predicted molar refractivity (Wildman–Crippen MR) is 64.8 cm³/mol. The van der Waals surface area contributed by atoms with Crippen LogP contribution in [-0.2, 0) is 0 Å². The number of rotatable bonds is 4. The van der Waals surface area contributed by atoms with Gasteiger partial charge in [0, 0.05) is 12.5 Å². The minimum absolute atomic E-state index is 0.393. The van der Waals surface area contributed by atoms with E-state index in [1.165, 1.54) is 0 Å². The molecule has 0 radical (unpaired) electrons. The Balaban J connectivity index is 2.57. The lowest BCUT2D eigenvalue weighted by atomic mass is 10.0. The number of hydrogen-bond acceptors (Lipinski definition) is 2. The number of hydrazine groups is 1. The molecule has 1 rings (SSSR count). The lowest BCUT2D eigenvalue weighted by Crippen LogP contribution is -2.38. The minimum Gasteiger partial charge on any atom is -0.271 e. The summed E-state index contributed by atoms with van der Waals surface area (Å²) in [5.74, 6) is 12.3. The average molecular weight is 208 g/mol. The van der Waals surface area contributed by atoms with Crippen LogP contribution in [0.5, 0.6) is 0 Å². The van der Waals surface area contributed by atoms with Crippen LogP contribution in [0.4, 0.5) is 0 Å². The molecule has 1 fully saturated rings. The summed E-state index contributed by atoms with van der Waals surface area (Å²) in [6.45, 7) is 11.2. The topological polar surface area (TPSA) is 38.0 Å². The first-order valence-corrected chi connectivity index (χ1v) is 5.75. The largest absolute Gasteiger partial charge is 0.271 e. The zero-order valence-corrected chi connectivity index (χ0v) is 10.6. The molecule has 15 heavy (non-hydrogen) atoms. The Morgan fingerprint density at radius 3 is 2.13 bits per heavy atom. The quantitative estimate of drug-likeness (QED) is 0.423. The summed E-state index contributed by atoms with van der Waals surface area (Å²) in [7, 11) is 0. The molecule has 0 amide bonds. The highest BCUT2D eigenvalue weighted by Gasteiger charge is 2.66. The van der Waals surface area contributed by atoms with Crippen LogP contribution in [0.2, 0.25) is 0 Å². The molecule has 0 aliphatic heterocycles. The minimum atomic E-state index is 0.393. The molecule has 0 spiro atoms. The first kappa shape index (κ1) is 12.5. The van der Waals surface area contributed by atoms with E-state index in [1.54, 1.807) is 0 Å². The molecule has 0 aromatic carbocycles. The SMILES string of the molecule is CC#CCCC(NN)C1C(C)(C)C1(C)C. The van der Waals surface area contributed by atoms with Crippen molar-refractivity contribution in [3.63, 3.8) is 0 Å². The molecule has 3 N–H and O–H groups in total. The van der Waals surface area contributed by atoms with Crippen LogP contribution < -0.4 is 11.3 Å². The molecule has 1 unspecified atom stereocenters. The van der Waals surface area contributed by atoms with E-state index in [0.29, 0.717) is 22.8 Å². The second-order valence-corrected chi connectivity index (χ2v) is 5.66. The molecule has 0 heterocycles. The van der Waals surface area contributed by atoms with Crippen LogP contribution in [0.25, 0.3) is 0 Å². The molecule has 0 aromatic rings. The lowest BCUT2D eigenvalue weighted by molar-refractivity contribution is 0.386. The smallest absolute Gasteiger partial charge is 0.0258 e. The van der Waals surface area contributed by atoms with Gasteiger partial charge in [-0.3, -0.25) is 11.3 Å². The average Bonchev–Trinajstić information content (AvgIpc) is 2.54. The second kappa shape index (κ2) is 4.15. The van der Waals surface area contributed by atoms with E-state index < -0.39 is 0 Å². The van der Waals surface area contributed by atoms with Gasteiger partial charge < -0.3 is 0 Å². The van der Waals surface area contributed by atoms with Crippen molar-refractivity contribution in [2.45, 2.75) is 53.5 Å². The van der Waals surface area contributed by atoms with Crippen molar-refractivity contribution < 1.29 is 0 Å². The number of hydrogen-bond donors (Lipinski definition) is 2. The molecule has 1 aliphatic carbocycles. The van der Waals surface area contributed by atoms with Gasteiger partial charge in [-0.15, -0.1) is 11.8 Å². The molecule has 0 saturated heterocycles. The van der Waals surface area contributed by atoms with E-state index in [4.69, 9.17) is 5.84 Å². The Morgan fingerprint density at radius 1 is 1.27 bits per heavy atom. The standard InChI is InChI=1S/C13H24N2/c1-6-7-8-9-10(15-14)11-12(2,3)13(11,4)5/h10-11,15H,8-9,14H2,1-5H3. The van der Waals surface area contributed by atoms with Crippen molar-refractivity contribution in [1.82, 2.24) is 5.43 Å².